The van der Waals surface area contributed by atoms with Gasteiger partial charge in [-0.25, -0.2) is 15.3 Å². The zero-order valence-corrected chi connectivity index (χ0v) is 41.4. The first-order valence-corrected chi connectivity index (χ1v) is 24.1. The van der Waals surface area contributed by atoms with Crippen molar-refractivity contribution in [2.45, 2.75) is 6.92 Å². The number of carboxylic acids is 1. The van der Waals surface area contributed by atoms with Crippen molar-refractivity contribution in [1.82, 2.24) is 39.3 Å². The number of rotatable bonds is 11. The first kappa shape index (κ1) is 49.6. The van der Waals surface area contributed by atoms with E-state index in [9.17, 15) is 0 Å². The molecule has 4 aromatic heterocycles. The number of carbonyl (C=O) groups excluding carboxylic acids is 1. The van der Waals surface area contributed by atoms with Gasteiger partial charge in [-0.2, -0.15) is 5.10 Å². The summed E-state index contributed by atoms with van der Waals surface area (Å²) in [7, 11) is -1.96. The van der Waals surface area contributed by atoms with Crippen LogP contribution in [0.15, 0.2) is 267 Å². The largest absolute Gasteiger partial charge is 2.00 e. The van der Waals surface area contributed by atoms with Crippen molar-refractivity contribution in [3.05, 3.63) is 267 Å². The van der Waals surface area contributed by atoms with Gasteiger partial charge in [0.1, 0.15) is 0 Å². The van der Waals surface area contributed by atoms with Crippen molar-refractivity contribution in [2.75, 3.05) is 0 Å². The maximum absolute atomic E-state index is 8.89. The van der Waals surface area contributed by atoms with E-state index in [0.29, 0.717) is 0 Å². The van der Waals surface area contributed by atoms with Crippen LogP contribution >= 0.6 is 0 Å². The molecule has 0 atom stereocenters. The van der Waals surface area contributed by atoms with Crippen LogP contribution in [-0.4, -0.2) is 52.4 Å². The van der Waals surface area contributed by atoms with Crippen LogP contribution in [0.2, 0.25) is 0 Å². The SMILES string of the molecule is CC(=O)[O-].[Co+2].c1ccc(-c2cc(-c3ccccc3)[nH]n2)cc1.c1ccc(-c2cc(-c3ccccc3)n([BH-](n3nc(-c4ccccc4)cc3-c3ccccc3)n3nc(-c4ccccc4)cc3-c3ccccc3)n2)cc1. The van der Waals surface area contributed by atoms with E-state index in [2.05, 4.69) is 218 Å². The van der Waals surface area contributed by atoms with Gasteiger partial charge in [-0.05, 0) is 53.4 Å². The van der Waals surface area contributed by atoms with Crippen LogP contribution in [0, 0.1) is 0 Å². The Morgan fingerprint density at radius 2 is 0.595 bits per heavy atom. The number of aromatic nitrogens is 8. The summed E-state index contributed by atoms with van der Waals surface area (Å²) in [5.74, 6) is -1.08. The minimum Gasteiger partial charge on any atom is -0.550 e. The predicted octanol–water partition coefficient (Wildman–Crippen LogP) is 12.4. The zero-order chi connectivity index (χ0) is 49.8. The van der Waals surface area contributed by atoms with Gasteiger partial charge in [-0.1, -0.05) is 243 Å². The van der Waals surface area contributed by atoms with Crippen molar-refractivity contribution in [1.29, 1.82) is 0 Å². The van der Waals surface area contributed by atoms with Gasteiger partial charge in [-0.15, -0.1) is 0 Å². The van der Waals surface area contributed by atoms with Crippen molar-refractivity contribution in [3.8, 4) is 90.1 Å². The molecule has 0 saturated heterocycles. The van der Waals surface area contributed by atoms with E-state index in [-0.39, 0.29) is 16.8 Å². The fraction of sp³-hybridized carbons (Fsp3) is 0.0161. The van der Waals surface area contributed by atoms with E-state index in [1.54, 1.807) is 0 Å². The second kappa shape index (κ2) is 23.7. The second-order valence-electron chi connectivity index (χ2n) is 17.3. The Balaban J connectivity index is 0.000000254. The molecular weight excluding hydrogens is 958 g/mol. The summed E-state index contributed by atoms with van der Waals surface area (Å²) in [6.45, 7) is 0.972. The number of hydrogen-bond donors (Lipinski definition) is 1. The van der Waals surface area contributed by atoms with E-state index in [0.717, 1.165) is 97.0 Å². The normalized spacial score (nSPS) is 10.6. The van der Waals surface area contributed by atoms with Crippen LogP contribution in [0.3, 0.4) is 0 Å². The van der Waals surface area contributed by atoms with Gasteiger partial charge in [0.05, 0.1) is 28.5 Å². The van der Waals surface area contributed by atoms with Crippen LogP contribution < -0.4 is 5.11 Å². The molecule has 361 valence electrons. The van der Waals surface area contributed by atoms with Crippen molar-refractivity contribution in [3.63, 3.8) is 0 Å². The molecule has 0 bridgehead atoms. The fourth-order valence-electron chi connectivity index (χ4n) is 8.90. The first-order valence-electron chi connectivity index (χ1n) is 24.1. The maximum Gasteiger partial charge on any atom is 2.00 e. The van der Waals surface area contributed by atoms with Gasteiger partial charge in [0.2, 0.25) is 0 Å². The summed E-state index contributed by atoms with van der Waals surface area (Å²) >= 11 is 0. The van der Waals surface area contributed by atoms with Crippen LogP contribution in [0.5, 0.6) is 0 Å². The fourth-order valence-corrected chi connectivity index (χ4v) is 8.90. The molecule has 0 spiro atoms. The van der Waals surface area contributed by atoms with Crippen molar-refractivity contribution in [2.24, 2.45) is 0 Å². The third kappa shape index (κ3) is 11.5. The maximum atomic E-state index is 8.89. The monoisotopic (exact) mass is 1010 g/mol. The molecule has 12 rings (SSSR count). The number of carboxylic acid groups (broad SMARTS) is 1. The Morgan fingerprint density at radius 3 is 0.865 bits per heavy atom. The molecule has 0 amide bonds. The van der Waals surface area contributed by atoms with Crippen LogP contribution in [-0.2, 0) is 21.6 Å². The Labute approximate surface area is 440 Å². The molecule has 1 N–H and O–H groups in total. The minimum atomic E-state index is -1.96. The van der Waals surface area contributed by atoms with Crippen molar-refractivity contribution >= 4 is 13.1 Å². The topological polar surface area (TPSA) is 122 Å². The number of nitrogens with one attached hydrogen (secondary N) is 1. The van der Waals surface area contributed by atoms with Crippen LogP contribution in [0.1, 0.15) is 6.92 Å². The molecule has 1 radical (unpaired) electrons. The molecule has 8 aromatic carbocycles. The average molecular weight is 1010 g/mol. The molecule has 12 aromatic rings. The molecule has 4 heterocycles. The van der Waals surface area contributed by atoms with Gasteiger partial charge < -0.3 is 23.7 Å². The summed E-state index contributed by atoms with van der Waals surface area (Å²) in [4.78, 5) is 8.89. The number of H-pyrrole nitrogens is 1. The van der Waals surface area contributed by atoms with E-state index in [1.807, 2.05) is 72.8 Å². The number of nitrogens with zero attached hydrogens (tertiary/aromatic N) is 7. The molecule has 74 heavy (non-hydrogen) atoms. The van der Waals surface area contributed by atoms with E-state index in [1.165, 1.54) is 0 Å². The zero-order valence-electron chi connectivity index (χ0n) is 40.4. The standard InChI is InChI=1S/C45H34BN6.C15H12N2.C2H4O2.Co/c1-7-19-34(20-8-1)40-31-43(37-25-13-4-14-26-37)50(47-40)46(51-44(38-27-15-5-16-28-38)32-41(48-51)35-21-9-2-10-22-35)52-45(39-29-17-6-18-30-39)33-42(49-52)36-23-11-3-12-24-36;1-3-7-12(8-4-1)14-11-15(17-16-14)13-9-5-2-6-10-13;1-2(3)4;/h1-33,46H;1-11H,(H,16,17);1H3,(H,3,4);/q-1;;;+2/p-1. The molecule has 0 unspecified atom stereocenters. The number of carbonyl (C=O) groups is 1. The Morgan fingerprint density at radius 1 is 0.365 bits per heavy atom. The van der Waals surface area contributed by atoms with E-state index < -0.39 is 13.1 Å². The number of aromatic amines is 1. The Kier molecular flexibility index (Phi) is 15.9. The minimum absolute atomic E-state index is 0. The molecular formula is C62H49BCoN8O2. The molecule has 0 fully saturated rings. The van der Waals surface area contributed by atoms with Gasteiger partial charge in [-0.3, -0.25) is 5.10 Å². The number of aliphatic carboxylic acids is 1. The molecule has 0 aliphatic rings. The molecule has 0 aliphatic heterocycles. The third-order valence-corrected chi connectivity index (χ3v) is 12.3. The van der Waals surface area contributed by atoms with Gasteiger partial charge in [0.25, 0.3) is 0 Å². The number of hydrogen-bond acceptors (Lipinski definition) is 6. The van der Waals surface area contributed by atoms with E-state index in [4.69, 9.17) is 25.2 Å². The molecule has 0 aliphatic carbocycles. The third-order valence-electron chi connectivity index (χ3n) is 12.3. The molecule has 0 saturated carbocycles. The van der Waals surface area contributed by atoms with Crippen LogP contribution in [0.4, 0.5) is 0 Å². The summed E-state index contributed by atoms with van der Waals surface area (Å²) in [5.41, 5.74) is 16.2. The van der Waals surface area contributed by atoms with Crippen molar-refractivity contribution < 1.29 is 26.7 Å². The predicted molar refractivity (Wildman–Crippen MR) is 293 cm³/mol. The quantitative estimate of drug-likeness (QED) is 0.129. The second-order valence-corrected chi connectivity index (χ2v) is 17.3. The summed E-state index contributed by atoms with van der Waals surface area (Å²) in [6, 6.07) is 91.6. The Bertz CT molecular complexity index is 3300. The first-order chi connectivity index (χ1) is 36.0. The summed E-state index contributed by atoms with van der Waals surface area (Å²) < 4.78 is 6.50. The van der Waals surface area contributed by atoms with Gasteiger partial charge in [0.15, 0.2) is 0 Å². The summed E-state index contributed by atoms with van der Waals surface area (Å²) in [5, 5.41) is 32.7. The van der Waals surface area contributed by atoms with E-state index >= 15 is 0 Å². The average Bonchev–Trinajstić information content (AvgIpc) is 4.31. The van der Waals surface area contributed by atoms with Crippen LogP contribution in [0.25, 0.3) is 90.1 Å². The summed E-state index contributed by atoms with van der Waals surface area (Å²) in [6.07, 6.45) is 0. The molecule has 10 nitrogen and oxygen atoms in total. The smallest absolute Gasteiger partial charge is 0.550 e. The number of benzene rings is 8. The van der Waals surface area contributed by atoms with Gasteiger partial charge >= 0.3 is 23.9 Å². The molecule has 12 heteroatoms. The van der Waals surface area contributed by atoms with Gasteiger partial charge in [0, 0.05) is 45.3 Å². The Hall–Kier alpha value is -9.36.